The molecule has 0 spiro atoms. The predicted molar refractivity (Wildman–Crippen MR) is 79.4 cm³/mol. The van der Waals surface area contributed by atoms with Gasteiger partial charge in [-0.05, 0) is 36.4 Å². The number of nitriles is 1. The number of nitrogens with zero attached hydrogens (tertiary/aromatic N) is 1. The van der Waals surface area contributed by atoms with Gasteiger partial charge in [0.2, 0.25) is 0 Å². The Bertz CT molecular complexity index is 675. The Hall–Kier alpha value is -2.45. The van der Waals surface area contributed by atoms with E-state index in [0.29, 0.717) is 22.6 Å². The second-order valence-electron chi connectivity index (χ2n) is 4.00. The van der Waals surface area contributed by atoms with E-state index in [9.17, 15) is 4.79 Å². The second kappa shape index (κ2) is 6.13. The van der Waals surface area contributed by atoms with E-state index in [1.165, 1.54) is 7.11 Å². The fourth-order valence-electron chi connectivity index (χ4n) is 1.72. The first kappa shape index (κ1) is 14.0. The Kier molecular flexibility index (Phi) is 4.28. The smallest absolute Gasteiger partial charge is 0.255 e. The molecule has 2 aromatic carbocycles. The average molecular weight is 284 g/mol. The van der Waals surface area contributed by atoms with Crippen LogP contribution < -0.4 is 10.1 Å². The third-order valence-electron chi connectivity index (χ3n) is 2.73. The van der Waals surface area contributed by atoms with Crippen LogP contribution in [-0.2, 0) is 0 Å². The molecule has 0 saturated heterocycles. The molecule has 0 bridgehead atoms. The number of hydrogen-bond acceptors (Lipinski definition) is 4. The lowest BCUT2D eigenvalue weighted by molar-refractivity contribution is 0.102. The van der Waals surface area contributed by atoms with Crippen molar-refractivity contribution < 1.29 is 9.53 Å². The average Bonchev–Trinajstić information content (AvgIpc) is 2.48. The molecule has 0 atom stereocenters. The molecule has 0 aliphatic rings. The Morgan fingerprint density at radius 3 is 2.55 bits per heavy atom. The zero-order valence-corrected chi connectivity index (χ0v) is 11.6. The normalized spacial score (nSPS) is 9.65. The van der Waals surface area contributed by atoms with Gasteiger partial charge in [-0.25, -0.2) is 0 Å². The van der Waals surface area contributed by atoms with Crippen LogP contribution in [0.15, 0.2) is 47.4 Å². The highest BCUT2D eigenvalue weighted by Gasteiger charge is 2.13. The molecule has 0 heterocycles. The van der Waals surface area contributed by atoms with Crippen LogP contribution in [0, 0.1) is 11.3 Å². The molecule has 100 valence electrons. The van der Waals surface area contributed by atoms with E-state index in [1.807, 2.05) is 6.07 Å². The highest BCUT2D eigenvalue weighted by molar-refractivity contribution is 7.80. The van der Waals surface area contributed by atoms with Gasteiger partial charge in [-0.3, -0.25) is 4.79 Å². The summed E-state index contributed by atoms with van der Waals surface area (Å²) in [6, 6.07) is 13.8. The summed E-state index contributed by atoms with van der Waals surface area (Å²) in [6.07, 6.45) is 0. The minimum absolute atomic E-state index is 0.306. The first-order valence-electron chi connectivity index (χ1n) is 5.83. The first-order valence-corrected chi connectivity index (χ1v) is 6.28. The summed E-state index contributed by atoms with van der Waals surface area (Å²) in [5.74, 6) is 0.141. The van der Waals surface area contributed by atoms with Gasteiger partial charge < -0.3 is 10.1 Å². The van der Waals surface area contributed by atoms with E-state index >= 15 is 0 Å². The van der Waals surface area contributed by atoms with Crippen LogP contribution >= 0.6 is 12.6 Å². The van der Waals surface area contributed by atoms with Gasteiger partial charge in [-0.2, -0.15) is 5.26 Å². The summed E-state index contributed by atoms with van der Waals surface area (Å²) in [4.78, 5) is 12.9. The second-order valence-corrected chi connectivity index (χ2v) is 4.51. The number of carbonyl (C=O) groups excluding carboxylic acids is 1. The molecule has 0 radical (unpaired) electrons. The number of rotatable bonds is 3. The predicted octanol–water partition coefficient (Wildman–Crippen LogP) is 3.11. The number of nitrogens with one attached hydrogen (secondary N) is 1. The van der Waals surface area contributed by atoms with Gasteiger partial charge >= 0.3 is 0 Å². The van der Waals surface area contributed by atoms with Crippen LogP contribution in [-0.4, -0.2) is 13.0 Å². The molecule has 4 nitrogen and oxygen atoms in total. The van der Waals surface area contributed by atoms with Gasteiger partial charge in [0, 0.05) is 10.5 Å². The first-order chi connectivity index (χ1) is 9.65. The van der Waals surface area contributed by atoms with Gasteiger partial charge in [-0.15, -0.1) is 12.6 Å². The van der Waals surface area contributed by atoms with Gasteiger partial charge in [-0.1, -0.05) is 6.07 Å². The zero-order chi connectivity index (χ0) is 14.5. The van der Waals surface area contributed by atoms with Crippen molar-refractivity contribution >= 4 is 24.2 Å². The van der Waals surface area contributed by atoms with E-state index in [2.05, 4.69) is 17.9 Å². The Morgan fingerprint density at radius 2 is 1.95 bits per heavy atom. The van der Waals surface area contributed by atoms with Crippen molar-refractivity contribution in [3.63, 3.8) is 0 Å². The molecule has 0 unspecified atom stereocenters. The third-order valence-corrected chi connectivity index (χ3v) is 3.03. The van der Waals surface area contributed by atoms with Gasteiger partial charge in [0.25, 0.3) is 5.91 Å². The summed E-state index contributed by atoms with van der Waals surface area (Å²) >= 11 is 4.17. The van der Waals surface area contributed by atoms with Crippen LogP contribution in [0.5, 0.6) is 5.75 Å². The van der Waals surface area contributed by atoms with Gasteiger partial charge in [0.15, 0.2) is 0 Å². The molecule has 0 aliphatic carbocycles. The van der Waals surface area contributed by atoms with Crippen LogP contribution in [0.2, 0.25) is 0 Å². The van der Waals surface area contributed by atoms with Crippen molar-refractivity contribution in [1.82, 2.24) is 0 Å². The van der Waals surface area contributed by atoms with Crippen molar-refractivity contribution in [1.29, 1.82) is 5.26 Å². The monoisotopic (exact) mass is 284 g/mol. The van der Waals surface area contributed by atoms with Crippen molar-refractivity contribution in [2.75, 3.05) is 12.4 Å². The van der Waals surface area contributed by atoms with Crippen molar-refractivity contribution in [3.05, 3.63) is 53.6 Å². The third kappa shape index (κ3) is 2.92. The maximum Gasteiger partial charge on any atom is 0.255 e. The van der Waals surface area contributed by atoms with E-state index < -0.39 is 0 Å². The molecule has 0 saturated carbocycles. The number of anilines is 1. The summed E-state index contributed by atoms with van der Waals surface area (Å²) < 4.78 is 5.17. The standard InChI is InChI=1S/C15H12N2O2S/c1-19-13-4-2-3-11(9-16)14(13)17-15(18)10-5-7-12(20)8-6-10/h2-8,20H,1H3,(H,17,18). The fraction of sp³-hybridized carbons (Fsp3) is 0.0667. The molecule has 0 aromatic heterocycles. The molecule has 1 amide bonds. The van der Waals surface area contributed by atoms with E-state index in [-0.39, 0.29) is 5.91 Å². The number of hydrogen-bond donors (Lipinski definition) is 2. The molecule has 1 N–H and O–H groups in total. The number of thiol groups is 1. The fourth-order valence-corrected chi connectivity index (χ4v) is 1.87. The Labute approximate surface area is 122 Å². The topological polar surface area (TPSA) is 62.1 Å². The number of carbonyl (C=O) groups is 1. The number of para-hydroxylation sites is 1. The lowest BCUT2D eigenvalue weighted by atomic mass is 10.1. The molecule has 2 aromatic rings. The van der Waals surface area contributed by atoms with Crippen molar-refractivity contribution in [3.8, 4) is 11.8 Å². The minimum atomic E-state index is -0.306. The molecule has 0 aliphatic heterocycles. The molecular weight excluding hydrogens is 272 g/mol. The molecule has 0 fully saturated rings. The highest BCUT2D eigenvalue weighted by Crippen LogP contribution is 2.28. The summed E-state index contributed by atoms with van der Waals surface area (Å²) in [6.45, 7) is 0. The number of benzene rings is 2. The van der Waals surface area contributed by atoms with Crippen molar-refractivity contribution in [2.45, 2.75) is 4.90 Å². The summed E-state index contributed by atoms with van der Waals surface area (Å²) in [5.41, 5.74) is 1.21. The van der Waals surface area contributed by atoms with E-state index in [4.69, 9.17) is 10.00 Å². The number of methoxy groups -OCH3 is 1. The van der Waals surface area contributed by atoms with Crippen LogP contribution in [0.4, 0.5) is 5.69 Å². The maximum absolute atomic E-state index is 12.2. The Balaban J connectivity index is 2.32. The van der Waals surface area contributed by atoms with Crippen molar-refractivity contribution in [2.24, 2.45) is 0 Å². The molecular formula is C15H12N2O2S. The number of amides is 1. The molecule has 20 heavy (non-hydrogen) atoms. The number of ether oxygens (including phenoxy) is 1. The van der Waals surface area contributed by atoms with E-state index in [0.717, 1.165) is 4.90 Å². The lowest BCUT2D eigenvalue weighted by Gasteiger charge is -2.11. The summed E-state index contributed by atoms with van der Waals surface area (Å²) in [7, 11) is 1.49. The van der Waals surface area contributed by atoms with Crippen LogP contribution in [0.25, 0.3) is 0 Å². The minimum Gasteiger partial charge on any atom is -0.495 e. The van der Waals surface area contributed by atoms with Crippen LogP contribution in [0.3, 0.4) is 0 Å². The highest BCUT2D eigenvalue weighted by atomic mass is 32.1. The molecule has 2 rings (SSSR count). The zero-order valence-electron chi connectivity index (χ0n) is 10.8. The quantitative estimate of drug-likeness (QED) is 0.851. The van der Waals surface area contributed by atoms with Gasteiger partial charge in [0.1, 0.15) is 17.5 Å². The van der Waals surface area contributed by atoms with Crippen LogP contribution in [0.1, 0.15) is 15.9 Å². The maximum atomic E-state index is 12.2. The van der Waals surface area contributed by atoms with E-state index in [1.54, 1.807) is 42.5 Å². The Morgan fingerprint density at radius 1 is 1.25 bits per heavy atom. The lowest BCUT2D eigenvalue weighted by Crippen LogP contribution is -2.13. The summed E-state index contributed by atoms with van der Waals surface area (Å²) in [5, 5.41) is 11.8. The largest absolute Gasteiger partial charge is 0.495 e. The van der Waals surface area contributed by atoms with Gasteiger partial charge in [0.05, 0.1) is 12.7 Å². The molecule has 5 heteroatoms. The SMILES string of the molecule is COc1cccc(C#N)c1NC(=O)c1ccc(S)cc1.